The van der Waals surface area contributed by atoms with Gasteiger partial charge in [0.15, 0.2) is 0 Å². The number of carbonyl (C=O) groups is 1. The second kappa shape index (κ2) is 4.03. The summed E-state index contributed by atoms with van der Waals surface area (Å²) in [5, 5.41) is 0. The molecule has 1 N–H and O–H groups in total. The van der Waals surface area contributed by atoms with E-state index in [4.69, 9.17) is 0 Å². The van der Waals surface area contributed by atoms with E-state index >= 15 is 0 Å². The summed E-state index contributed by atoms with van der Waals surface area (Å²) in [7, 11) is -3.25. The minimum absolute atomic E-state index is 0.00701. The lowest BCUT2D eigenvalue weighted by atomic mass is 10.1. The fraction of sp³-hybridized carbons (Fsp3) is 0.364. The van der Waals surface area contributed by atoms with E-state index in [0.717, 1.165) is 23.9 Å². The minimum Gasteiger partial charge on any atom is -0.312 e. The number of sulfonamides is 1. The zero-order valence-electron chi connectivity index (χ0n) is 9.73. The largest absolute Gasteiger partial charge is 0.312 e. The number of rotatable bonds is 2. The summed E-state index contributed by atoms with van der Waals surface area (Å²) in [6, 6.07) is 5.22. The highest BCUT2D eigenvalue weighted by Crippen LogP contribution is 2.30. The first kappa shape index (κ1) is 11.9. The van der Waals surface area contributed by atoms with Crippen molar-refractivity contribution in [2.24, 2.45) is 0 Å². The first-order chi connectivity index (χ1) is 7.87. The first-order valence-corrected chi connectivity index (χ1v) is 7.15. The summed E-state index contributed by atoms with van der Waals surface area (Å²) >= 11 is 0. The molecule has 1 aromatic rings. The van der Waals surface area contributed by atoms with Crippen molar-refractivity contribution in [1.82, 2.24) is 0 Å². The summed E-state index contributed by atoms with van der Waals surface area (Å²) in [4.78, 5) is 13.0. The molecule has 0 radical (unpaired) electrons. The molecule has 0 saturated heterocycles. The summed E-state index contributed by atoms with van der Waals surface area (Å²) in [6.45, 7) is 2.19. The molecule has 6 heteroatoms. The predicted octanol–water partition coefficient (Wildman–Crippen LogP) is 0.967. The summed E-state index contributed by atoms with van der Waals surface area (Å²) in [5.74, 6) is 0.00701. The van der Waals surface area contributed by atoms with Crippen LogP contribution in [0.4, 0.5) is 11.4 Å². The minimum atomic E-state index is -3.25. The van der Waals surface area contributed by atoms with Gasteiger partial charge in [0.05, 0.1) is 6.26 Å². The topological polar surface area (TPSA) is 66.5 Å². The van der Waals surface area contributed by atoms with Crippen molar-refractivity contribution < 1.29 is 13.2 Å². The molecule has 0 aliphatic carbocycles. The van der Waals surface area contributed by atoms with Gasteiger partial charge in [-0.25, -0.2) is 8.42 Å². The molecule has 2 rings (SSSR count). The standard InChI is InChI=1S/C11H14N2O3S/c1-8(14)13-6-5-9-7-10(3-4-11(9)13)12-17(2,15)16/h3-4,7,12H,5-6H2,1-2H3. The molecule has 0 atom stereocenters. The van der Waals surface area contributed by atoms with Gasteiger partial charge in [0.2, 0.25) is 15.9 Å². The van der Waals surface area contributed by atoms with E-state index in [2.05, 4.69) is 4.72 Å². The van der Waals surface area contributed by atoms with Gasteiger partial charge in [-0.05, 0) is 30.2 Å². The predicted molar refractivity (Wildman–Crippen MR) is 66.6 cm³/mol. The average molecular weight is 254 g/mol. The average Bonchev–Trinajstić information content (AvgIpc) is 2.57. The van der Waals surface area contributed by atoms with E-state index in [-0.39, 0.29) is 5.91 Å². The molecule has 1 amide bonds. The second-order valence-electron chi connectivity index (χ2n) is 4.14. The molecule has 0 unspecified atom stereocenters. The lowest BCUT2D eigenvalue weighted by Crippen LogP contribution is -2.25. The van der Waals surface area contributed by atoms with Crippen molar-refractivity contribution in [1.29, 1.82) is 0 Å². The van der Waals surface area contributed by atoms with Crippen LogP contribution in [0.3, 0.4) is 0 Å². The fourth-order valence-electron chi connectivity index (χ4n) is 2.01. The summed E-state index contributed by atoms with van der Waals surface area (Å²) < 4.78 is 24.6. The van der Waals surface area contributed by atoms with Gasteiger partial charge < -0.3 is 4.90 Å². The van der Waals surface area contributed by atoms with Crippen LogP contribution < -0.4 is 9.62 Å². The monoisotopic (exact) mass is 254 g/mol. The van der Waals surface area contributed by atoms with Crippen molar-refractivity contribution >= 4 is 27.3 Å². The lowest BCUT2D eigenvalue weighted by Gasteiger charge is -2.14. The summed E-state index contributed by atoms with van der Waals surface area (Å²) in [5.41, 5.74) is 2.40. The third-order valence-electron chi connectivity index (χ3n) is 2.66. The number of hydrogen-bond acceptors (Lipinski definition) is 3. The molecule has 1 aliphatic rings. The van der Waals surface area contributed by atoms with E-state index < -0.39 is 10.0 Å². The Balaban J connectivity index is 2.32. The van der Waals surface area contributed by atoms with Crippen molar-refractivity contribution in [2.75, 3.05) is 22.4 Å². The van der Waals surface area contributed by atoms with Crippen LogP contribution in [-0.2, 0) is 21.2 Å². The zero-order chi connectivity index (χ0) is 12.6. The Morgan fingerprint density at radius 1 is 1.41 bits per heavy atom. The molecule has 92 valence electrons. The van der Waals surface area contributed by atoms with Crippen LogP contribution in [0.1, 0.15) is 12.5 Å². The highest BCUT2D eigenvalue weighted by Gasteiger charge is 2.22. The number of hydrogen-bond donors (Lipinski definition) is 1. The zero-order valence-corrected chi connectivity index (χ0v) is 10.5. The third-order valence-corrected chi connectivity index (χ3v) is 3.26. The molecular weight excluding hydrogens is 240 g/mol. The summed E-state index contributed by atoms with van der Waals surface area (Å²) in [6.07, 6.45) is 1.87. The first-order valence-electron chi connectivity index (χ1n) is 5.25. The SMILES string of the molecule is CC(=O)N1CCc2cc(NS(C)(=O)=O)ccc21. The molecule has 0 spiro atoms. The molecule has 17 heavy (non-hydrogen) atoms. The highest BCUT2D eigenvalue weighted by molar-refractivity contribution is 7.92. The van der Waals surface area contributed by atoms with Gasteiger partial charge in [0.25, 0.3) is 0 Å². The lowest BCUT2D eigenvalue weighted by molar-refractivity contribution is -0.116. The number of fused-ring (bicyclic) bond motifs is 1. The molecular formula is C11H14N2O3S. The molecule has 0 fully saturated rings. The van der Waals surface area contributed by atoms with Crippen molar-refractivity contribution in [3.05, 3.63) is 23.8 Å². The maximum atomic E-state index is 11.3. The Morgan fingerprint density at radius 3 is 2.71 bits per heavy atom. The van der Waals surface area contributed by atoms with Gasteiger partial charge in [-0.15, -0.1) is 0 Å². The molecule has 0 aromatic heterocycles. The van der Waals surface area contributed by atoms with Gasteiger partial charge in [0.1, 0.15) is 0 Å². The van der Waals surface area contributed by atoms with Crippen molar-refractivity contribution in [3.8, 4) is 0 Å². The van der Waals surface area contributed by atoms with E-state index in [9.17, 15) is 13.2 Å². The number of anilines is 2. The maximum absolute atomic E-state index is 11.3. The van der Waals surface area contributed by atoms with Crippen LogP contribution >= 0.6 is 0 Å². The van der Waals surface area contributed by atoms with Gasteiger partial charge >= 0.3 is 0 Å². The van der Waals surface area contributed by atoms with Crippen LogP contribution in [0, 0.1) is 0 Å². The van der Waals surface area contributed by atoms with Crippen molar-refractivity contribution in [3.63, 3.8) is 0 Å². The van der Waals surface area contributed by atoms with E-state index in [1.807, 2.05) is 0 Å². The second-order valence-corrected chi connectivity index (χ2v) is 5.89. The number of benzene rings is 1. The normalized spacial score (nSPS) is 14.6. The number of nitrogens with one attached hydrogen (secondary N) is 1. The van der Waals surface area contributed by atoms with Crippen LogP contribution in [0.25, 0.3) is 0 Å². The Bertz CT molecular complexity index is 566. The van der Waals surface area contributed by atoms with Crippen LogP contribution in [0.5, 0.6) is 0 Å². The Kier molecular flexibility index (Phi) is 2.82. The van der Waals surface area contributed by atoms with E-state index in [1.54, 1.807) is 23.1 Å². The number of nitrogens with zero attached hydrogens (tertiary/aromatic N) is 1. The van der Waals surface area contributed by atoms with Crippen LogP contribution in [0.2, 0.25) is 0 Å². The number of carbonyl (C=O) groups excluding carboxylic acids is 1. The van der Waals surface area contributed by atoms with Gasteiger partial charge in [-0.3, -0.25) is 9.52 Å². The van der Waals surface area contributed by atoms with Crippen LogP contribution in [0.15, 0.2) is 18.2 Å². The Morgan fingerprint density at radius 2 is 2.12 bits per heavy atom. The smallest absolute Gasteiger partial charge is 0.229 e. The van der Waals surface area contributed by atoms with E-state index in [0.29, 0.717) is 12.2 Å². The number of amides is 1. The maximum Gasteiger partial charge on any atom is 0.229 e. The molecule has 1 aromatic carbocycles. The molecule has 1 heterocycles. The van der Waals surface area contributed by atoms with Gasteiger partial charge in [-0.1, -0.05) is 0 Å². The van der Waals surface area contributed by atoms with E-state index in [1.165, 1.54) is 6.92 Å². The molecule has 0 bridgehead atoms. The van der Waals surface area contributed by atoms with Crippen molar-refractivity contribution in [2.45, 2.75) is 13.3 Å². The Hall–Kier alpha value is -1.56. The quantitative estimate of drug-likeness (QED) is 0.855. The molecule has 0 saturated carbocycles. The molecule has 1 aliphatic heterocycles. The highest BCUT2D eigenvalue weighted by atomic mass is 32.2. The van der Waals surface area contributed by atoms with Crippen LogP contribution in [-0.4, -0.2) is 27.1 Å². The van der Waals surface area contributed by atoms with Gasteiger partial charge in [-0.2, -0.15) is 0 Å². The molecule has 5 nitrogen and oxygen atoms in total. The third kappa shape index (κ3) is 2.58. The fourth-order valence-corrected chi connectivity index (χ4v) is 2.56. The Labute approximate surface area is 100 Å². The van der Waals surface area contributed by atoms with Gasteiger partial charge in [0, 0.05) is 24.8 Å².